The third-order valence-electron chi connectivity index (χ3n) is 7.03. The highest BCUT2D eigenvalue weighted by Crippen LogP contribution is 2.37. The number of nitrogens with zero attached hydrogens (tertiary/aromatic N) is 4. The van der Waals surface area contributed by atoms with Crippen molar-refractivity contribution in [3.8, 4) is 0 Å². The average Bonchev–Trinajstić information content (AvgIpc) is 2.93. The van der Waals surface area contributed by atoms with E-state index in [1.54, 1.807) is 0 Å². The lowest BCUT2D eigenvalue weighted by atomic mass is 9.88. The summed E-state index contributed by atoms with van der Waals surface area (Å²) in [6.45, 7) is 3.56. The van der Waals surface area contributed by atoms with E-state index < -0.39 is 30.0 Å². The van der Waals surface area contributed by atoms with Gasteiger partial charge in [0.2, 0.25) is 0 Å². The van der Waals surface area contributed by atoms with E-state index in [2.05, 4.69) is 22.0 Å². The molecule has 0 amide bonds. The Balaban J connectivity index is 0.000000493. The standard InChI is InChI=1S/C26H26ClF3N4.C2HF3O2/c27-25-26(32-22-10-11-33(16-23(22)31-25)15-17-4-2-1-3-5-17)34-12-8-18(9-13-34)24(30)20-7-6-19(28)14-21(20)29;3-2(4,5)1(6)7/h1-7,14,18,24H,8-13,15-16H2;(H,6,7). The minimum absolute atomic E-state index is 0.0773. The Bertz CT molecular complexity index is 1350. The van der Waals surface area contributed by atoms with E-state index in [1.165, 1.54) is 11.6 Å². The lowest BCUT2D eigenvalue weighted by Gasteiger charge is -2.35. The summed E-state index contributed by atoms with van der Waals surface area (Å²) < 4.78 is 73.9. The number of aliphatic carboxylic acids is 1. The number of aromatic nitrogens is 2. The van der Waals surface area contributed by atoms with Crippen LogP contribution in [0, 0.1) is 17.6 Å². The first kappa shape index (κ1) is 30.6. The van der Waals surface area contributed by atoms with Gasteiger partial charge in [0.25, 0.3) is 0 Å². The van der Waals surface area contributed by atoms with Crippen LogP contribution in [0.25, 0.3) is 0 Å². The molecule has 1 N–H and O–H groups in total. The van der Waals surface area contributed by atoms with E-state index in [-0.39, 0.29) is 11.5 Å². The predicted octanol–water partition coefficient (Wildman–Crippen LogP) is 6.53. The molecule has 3 aromatic rings. The molecule has 41 heavy (non-hydrogen) atoms. The molecule has 1 saturated heterocycles. The third kappa shape index (κ3) is 7.88. The summed E-state index contributed by atoms with van der Waals surface area (Å²) in [4.78, 5) is 22.8. The topological polar surface area (TPSA) is 69.6 Å². The van der Waals surface area contributed by atoms with Gasteiger partial charge in [0.05, 0.1) is 11.4 Å². The lowest BCUT2D eigenvalue weighted by Crippen LogP contribution is -2.37. The maximum Gasteiger partial charge on any atom is 0.490 e. The van der Waals surface area contributed by atoms with Crippen LogP contribution in [0.15, 0.2) is 48.5 Å². The molecule has 1 unspecified atom stereocenters. The fraction of sp³-hybridized carbons (Fsp3) is 0.393. The van der Waals surface area contributed by atoms with Crippen LogP contribution in [-0.2, 0) is 24.3 Å². The van der Waals surface area contributed by atoms with Crippen LogP contribution in [0.1, 0.15) is 41.5 Å². The monoisotopic (exact) mass is 600 g/mol. The number of benzene rings is 2. The molecule has 0 aliphatic carbocycles. The number of rotatable bonds is 5. The van der Waals surface area contributed by atoms with Gasteiger partial charge in [-0.2, -0.15) is 13.2 Å². The van der Waals surface area contributed by atoms with Gasteiger partial charge < -0.3 is 10.0 Å². The maximum absolute atomic E-state index is 15.0. The molecule has 0 saturated carbocycles. The second-order valence-corrected chi connectivity index (χ2v) is 10.2. The van der Waals surface area contributed by atoms with E-state index in [4.69, 9.17) is 26.5 Å². The molecular weight excluding hydrogens is 574 g/mol. The highest BCUT2D eigenvalue weighted by atomic mass is 35.5. The Morgan fingerprint density at radius 1 is 1.02 bits per heavy atom. The Hall–Kier alpha value is -3.38. The quantitative estimate of drug-likeness (QED) is 0.336. The van der Waals surface area contributed by atoms with Crippen LogP contribution < -0.4 is 4.90 Å². The first-order valence-electron chi connectivity index (χ1n) is 12.9. The van der Waals surface area contributed by atoms with Crippen LogP contribution in [0.3, 0.4) is 0 Å². The van der Waals surface area contributed by atoms with Gasteiger partial charge in [-0.15, -0.1) is 0 Å². The number of carboxylic acids is 1. The van der Waals surface area contributed by atoms with Gasteiger partial charge in [-0.25, -0.2) is 27.9 Å². The number of carboxylic acid groups (broad SMARTS) is 1. The van der Waals surface area contributed by atoms with Gasteiger partial charge in [0.15, 0.2) is 11.0 Å². The molecule has 6 nitrogen and oxygen atoms in total. The van der Waals surface area contributed by atoms with E-state index in [1.807, 2.05) is 23.1 Å². The Kier molecular flexibility index (Phi) is 9.75. The zero-order valence-electron chi connectivity index (χ0n) is 21.7. The van der Waals surface area contributed by atoms with Crippen molar-refractivity contribution in [2.75, 3.05) is 24.5 Å². The number of fused-ring (bicyclic) bond motifs is 1. The molecule has 3 heterocycles. The highest BCUT2D eigenvalue weighted by molar-refractivity contribution is 6.31. The predicted molar refractivity (Wildman–Crippen MR) is 140 cm³/mol. The Morgan fingerprint density at radius 3 is 2.29 bits per heavy atom. The van der Waals surface area contributed by atoms with Crippen molar-refractivity contribution in [2.24, 2.45) is 5.92 Å². The molecule has 1 aromatic heterocycles. The molecule has 1 fully saturated rings. The summed E-state index contributed by atoms with van der Waals surface area (Å²) in [6, 6.07) is 13.4. The summed E-state index contributed by atoms with van der Waals surface area (Å²) in [7, 11) is 0. The van der Waals surface area contributed by atoms with E-state index in [9.17, 15) is 22.0 Å². The lowest BCUT2D eigenvalue weighted by molar-refractivity contribution is -0.192. The Labute approximate surface area is 237 Å². The van der Waals surface area contributed by atoms with Gasteiger partial charge >= 0.3 is 12.1 Å². The van der Waals surface area contributed by atoms with Crippen LogP contribution in [-0.4, -0.2) is 51.8 Å². The van der Waals surface area contributed by atoms with Crippen LogP contribution in [0.2, 0.25) is 5.15 Å². The van der Waals surface area contributed by atoms with Gasteiger partial charge in [0, 0.05) is 50.8 Å². The number of anilines is 1. The van der Waals surface area contributed by atoms with Crippen molar-refractivity contribution in [3.05, 3.63) is 87.8 Å². The molecule has 2 aliphatic heterocycles. The third-order valence-corrected chi connectivity index (χ3v) is 7.29. The Morgan fingerprint density at radius 2 is 1.68 bits per heavy atom. The van der Waals surface area contributed by atoms with Gasteiger partial charge in [-0.3, -0.25) is 4.90 Å². The number of halogens is 7. The van der Waals surface area contributed by atoms with Crippen molar-refractivity contribution in [1.29, 1.82) is 0 Å². The van der Waals surface area contributed by atoms with Gasteiger partial charge in [0.1, 0.15) is 17.8 Å². The van der Waals surface area contributed by atoms with Crippen LogP contribution >= 0.6 is 11.6 Å². The van der Waals surface area contributed by atoms with Crippen molar-refractivity contribution in [3.63, 3.8) is 0 Å². The summed E-state index contributed by atoms with van der Waals surface area (Å²) in [5.41, 5.74) is 3.05. The molecule has 0 spiro atoms. The van der Waals surface area contributed by atoms with E-state index in [0.717, 1.165) is 43.0 Å². The number of hydrogen-bond acceptors (Lipinski definition) is 5. The first-order chi connectivity index (χ1) is 19.4. The van der Waals surface area contributed by atoms with E-state index >= 15 is 4.39 Å². The maximum atomic E-state index is 15.0. The fourth-order valence-corrected chi connectivity index (χ4v) is 5.18. The molecule has 0 radical (unpaired) electrons. The number of carbonyl (C=O) groups is 1. The van der Waals surface area contributed by atoms with E-state index in [0.29, 0.717) is 43.4 Å². The van der Waals surface area contributed by atoms with Gasteiger partial charge in [-0.1, -0.05) is 48.0 Å². The molecule has 13 heteroatoms. The average molecular weight is 601 g/mol. The fourth-order valence-electron chi connectivity index (χ4n) is 4.91. The summed E-state index contributed by atoms with van der Waals surface area (Å²) in [5.74, 6) is -4.00. The molecule has 220 valence electrons. The SMILES string of the molecule is Fc1ccc(C(F)C2CCN(c3nc4c(nc3Cl)CN(Cc3ccccc3)CC4)CC2)c(F)c1.O=C(O)C(F)(F)F. The van der Waals surface area contributed by atoms with Crippen LogP contribution in [0.4, 0.5) is 32.2 Å². The molecule has 2 aliphatic rings. The smallest absolute Gasteiger partial charge is 0.475 e. The molecule has 5 rings (SSSR count). The molecule has 0 bridgehead atoms. The molecular formula is C28H27ClF6N4O2. The molecule has 2 aromatic carbocycles. The minimum atomic E-state index is -5.08. The highest BCUT2D eigenvalue weighted by Gasteiger charge is 2.38. The zero-order chi connectivity index (χ0) is 29.7. The summed E-state index contributed by atoms with van der Waals surface area (Å²) in [5, 5.41) is 7.49. The zero-order valence-corrected chi connectivity index (χ0v) is 22.5. The normalized spacial score (nSPS) is 16.9. The van der Waals surface area contributed by atoms with Crippen LogP contribution in [0.5, 0.6) is 0 Å². The van der Waals surface area contributed by atoms with Crippen molar-refractivity contribution in [2.45, 2.75) is 44.7 Å². The van der Waals surface area contributed by atoms with Gasteiger partial charge in [-0.05, 0) is 30.4 Å². The second-order valence-electron chi connectivity index (χ2n) is 9.87. The first-order valence-corrected chi connectivity index (χ1v) is 13.3. The van der Waals surface area contributed by atoms with Crippen molar-refractivity contribution < 1.29 is 36.2 Å². The summed E-state index contributed by atoms with van der Waals surface area (Å²) >= 11 is 6.54. The largest absolute Gasteiger partial charge is 0.490 e. The minimum Gasteiger partial charge on any atom is -0.475 e. The second kappa shape index (κ2) is 13.1. The van der Waals surface area contributed by atoms with Crippen molar-refractivity contribution >= 4 is 23.4 Å². The number of alkyl halides is 4. The van der Waals surface area contributed by atoms with Crippen molar-refractivity contribution in [1.82, 2.24) is 14.9 Å². The number of hydrogen-bond donors (Lipinski definition) is 1. The molecule has 1 atom stereocenters. The summed E-state index contributed by atoms with van der Waals surface area (Å²) in [6.07, 6.45) is -4.70. The number of piperidine rings is 1.